The smallest absolute Gasteiger partial charge is 0.338 e. The minimum Gasteiger partial charge on any atom is -0.790 e. The lowest BCUT2D eigenvalue weighted by Crippen LogP contribution is -2.34. The van der Waals surface area contributed by atoms with Crippen molar-refractivity contribution in [2.75, 3.05) is 26.1 Å². The minimum atomic E-state index is -5.41. The first-order chi connectivity index (χ1) is 22.2. The van der Waals surface area contributed by atoms with E-state index in [0.29, 0.717) is 0 Å². The van der Waals surface area contributed by atoms with E-state index in [4.69, 9.17) is 24.3 Å². The van der Waals surface area contributed by atoms with Crippen LogP contribution in [0.1, 0.15) is 18.3 Å². The Kier molecular flexibility index (Phi) is 11.4. The van der Waals surface area contributed by atoms with Gasteiger partial charge in [-0.2, -0.15) is 0 Å². The summed E-state index contributed by atoms with van der Waals surface area (Å²) in [5, 5.41) is 42.2. The number of nitrogens with one attached hydrogen (secondary N) is 1. The van der Waals surface area contributed by atoms with Gasteiger partial charge in [-0.05, 0) is 0 Å². The number of hydrogen-bond donors (Lipinski definition) is 8. The molecule has 0 saturated carbocycles. The van der Waals surface area contributed by atoms with E-state index < -0.39 is 89.4 Å². The van der Waals surface area contributed by atoms with Crippen molar-refractivity contribution in [3.05, 3.63) is 35.2 Å². The number of aromatic amines is 1. The molecule has 0 aliphatic carbocycles. The highest BCUT2D eigenvalue weighted by Gasteiger charge is 2.46. The zero-order valence-electron chi connectivity index (χ0n) is 25.9. The van der Waals surface area contributed by atoms with E-state index in [-0.39, 0.29) is 46.3 Å². The molecule has 272 valence electrons. The molecule has 2 aliphatic rings. The maximum absolute atomic E-state index is 13.6. The first kappa shape index (κ1) is 38.4. The van der Waals surface area contributed by atoms with Gasteiger partial charge in [0.1, 0.15) is 60.5 Å². The Morgan fingerprint density at radius 1 is 0.878 bits per heavy atom. The van der Waals surface area contributed by atoms with Crippen LogP contribution in [-0.2, 0) is 38.3 Å². The van der Waals surface area contributed by atoms with Crippen LogP contribution in [0.5, 0.6) is 0 Å². The number of rotatable bonds is 11. The number of aliphatic hydroxyl groups is 4. The monoisotopic (exact) mass is 739 g/mol. The van der Waals surface area contributed by atoms with Crippen LogP contribution < -0.4 is 33.4 Å². The Morgan fingerprint density at radius 3 is 2.00 bits per heavy atom. The zero-order chi connectivity index (χ0) is 33.8. The fourth-order valence-corrected chi connectivity index (χ4v) is 6.73. The topological polar surface area (TPSA) is 414 Å². The molecule has 0 radical (unpaired) electrons. The zero-order valence-corrected chi connectivity index (χ0v) is 27.7. The molecule has 0 aromatic carbocycles. The lowest BCUT2D eigenvalue weighted by Gasteiger charge is -2.30. The fraction of sp³-hybridized carbons (Fsp3) is 0.545. The number of nitrogen functional groups attached to an aromatic ring is 1. The van der Waals surface area contributed by atoms with Crippen molar-refractivity contribution >= 4 is 43.6 Å². The van der Waals surface area contributed by atoms with Crippen LogP contribution in [0.3, 0.4) is 0 Å². The summed E-state index contributed by atoms with van der Waals surface area (Å²) < 4.78 is 52.9. The fourth-order valence-electron chi connectivity index (χ4n) is 5.18. The van der Waals surface area contributed by atoms with Crippen LogP contribution in [0.15, 0.2) is 23.8 Å². The SMILES string of the molecule is COP(=O)(Cc1nc2c(ncn2[C@@H]2O[C@H](COP(=O)([O-])[O-])[C@@H](O)[C@H]2O)c(=O)[nH]1)OC[C@H]1O[C@@H](n2cnc3c(N)ncnc32)[C@H](O)[C@@H]1O.[NH4+].[NH4+]. The van der Waals surface area contributed by atoms with Gasteiger partial charge in [-0.1, -0.05) is 0 Å². The molecule has 6 heterocycles. The Morgan fingerprint density at radius 2 is 1.43 bits per heavy atom. The van der Waals surface area contributed by atoms with Crippen LogP contribution >= 0.6 is 15.4 Å². The van der Waals surface area contributed by atoms with Gasteiger partial charge in [-0.25, -0.2) is 24.9 Å². The first-order valence-electron chi connectivity index (χ1n) is 13.6. The molecule has 25 nitrogen and oxygen atoms in total. The van der Waals surface area contributed by atoms with E-state index in [1.165, 1.54) is 17.2 Å². The maximum atomic E-state index is 13.6. The number of quaternary nitrogens is 2. The average molecular weight is 740 g/mol. The molecule has 2 aliphatic heterocycles. The molecule has 1 unspecified atom stereocenters. The third kappa shape index (κ3) is 7.41. The molecule has 0 amide bonds. The highest BCUT2D eigenvalue weighted by Crippen LogP contribution is 2.51. The summed E-state index contributed by atoms with van der Waals surface area (Å²) in [6.07, 6.45) is -8.75. The number of aliphatic hydroxyl groups excluding tert-OH is 4. The summed E-state index contributed by atoms with van der Waals surface area (Å²) in [7, 11) is -8.48. The molecule has 2 fully saturated rings. The van der Waals surface area contributed by atoms with Gasteiger partial charge < -0.3 is 80.8 Å². The molecule has 4 aromatic rings. The number of hydrogen-bond acceptors (Lipinski definition) is 20. The van der Waals surface area contributed by atoms with E-state index in [2.05, 4.69) is 34.4 Å². The number of phosphoric acid groups is 1. The molecule has 27 heteroatoms. The number of imidazole rings is 2. The van der Waals surface area contributed by atoms with Gasteiger partial charge in [0.25, 0.3) is 5.56 Å². The lowest BCUT2D eigenvalue weighted by molar-refractivity contribution is -0.343. The predicted octanol–water partition coefficient (Wildman–Crippen LogP) is -3.27. The third-order valence-corrected chi connectivity index (χ3v) is 9.80. The van der Waals surface area contributed by atoms with Crippen LogP contribution in [0, 0.1) is 0 Å². The lowest BCUT2D eigenvalue weighted by atomic mass is 10.1. The summed E-state index contributed by atoms with van der Waals surface area (Å²) in [6.45, 7) is -1.44. The van der Waals surface area contributed by atoms with Crippen LogP contribution in [0.4, 0.5) is 5.82 Å². The predicted molar refractivity (Wildman–Crippen MR) is 160 cm³/mol. The molecule has 0 bridgehead atoms. The summed E-state index contributed by atoms with van der Waals surface area (Å²) in [5.41, 5.74) is 5.06. The number of nitrogens with two attached hydrogens (primary N) is 1. The molecular weight excluding hydrogens is 704 g/mol. The van der Waals surface area contributed by atoms with E-state index in [1.54, 1.807) is 0 Å². The summed E-state index contributed by atoms with van der Waals surface area (Å²) in [4.78, 5) is 57.1. The number of nitrogens with zero attached hydrogens (tertiary/aromatic N) is 7. The van der Waals surface area contributed by atoms with E-state index in [1.807, 2.05) is 0 Å². The molecule has 15 N–H and O–H groups in total. The number of ether oxygens (including phenoxy) is 2. The summed E-state index contributed by atoms with van der Waals surface area (Å²) in [6, 6.07) is 0. The Hall–Kier alpha value is -3.36. The maximum Gasteiger partial charge on any atom is 0.338 e. The van der Waals surface area contributed by atoms with Gasteiger partial charge in [0.15, 0.2) is 35.1 Å². The van der Waals surface area contributed by atoms with Gasteiger partial charge in [-0.3, -0.25) is 18.5 Å². The van der Waals surface area contributed by atoms with Crippen LogP contribution in [0.2, 0.25) is 0 Å². The second kappa shape index (κ2) is 14.5. The number of fused-ring (bicyclic) bond motifs is 2. The van der Waals surface area contributed by atoms with Crippen molar-refractivity contribution in [3.8, 4) is 0 Å². The number of aromatic nitrogens is 8. The van der Waals surface area contributed by atoms with Crippen molar-refractivity contribution in [2.45, 2.75) is 55.2 Å². The van der Waals surface area contributed by atoms with Crippen molar-refractivity contribution in [1.29, 1.82) is 0 Å². The van der Waals surface area contributed by atoms with Gasteiger partial charge in [0, 0.05) is 7.11 Å². The van der Waals surface area contributed by atoms with Gasteiger partial charge in [-0.15, -0.1) is 0 Å². The standard InChI is InChI=1S/C22H29N9O14P2.2H3N/c1-41-46(37,42-2-8-13(32)15(34)21(44-8)30-6-26-11-17(23)24-5-25-18(11)30)4-10-28-19-12(20(36)29-10)27-7-31(19)22-16(35)14(33)9(45-22)3-43-47(38,39)40;;/h5-9,13-16,21-22,32-35H,2-4H2,1H3,(H2,23,24,25)(H,28,29,36)(H2,38,39,40);2*1H3/t8-,9-,13-,14-,15-,16-,21-,22-,46?;;/m1../s1. The Balaban J connectivity index is 0.00000270. The van der Waals surface area contributed by atoms with Gasteiger partial charge in [0.05, 0.1) is 33.7 Å². The Labute approximate surface area is 273 Å². The minimum absolute atomic E-state index is 0. The highest BCUT2D eigenvalue weighted by atomic mass is 31.2. The Bertz CT molecular complexity index is 1940. The second-order valence-electron chi connectivity index (χ2n) is 10.5. The van der Waals surface area contributed by atoms with Crippen molar-refractivity contribution in [3.63, 3.8) is 0 Å². The van der Waals surface area contributed by atoms with E-state index in [9.17, 15) is 44.1 Å². The highest BCUT2D eigenvalue weighted by molar-refractivity contribution is 7.52. The van der Waals surface area contributed by atoms with Crippen molar-refractivity contribution < 1.29 is 62.4 Å². The molecule has 4 aromatic heterocycles. The average Bonchev–Trinajstić information content (AvgIpc) is 3.77. The summed E-state index contributed by atoms with van der Waals surface area (Å²) in [5.74, 6) is -0.137. The first-order valence-corrected chi connectivity index (χ1v) is 16.8. The largest absolute Gasteiger partial charge is 0.790 e. The molecule has 2 saturated heterocycles. The van der Waals surface area contributed by atoms with Crippen LogP contribution in [-0.4, -0.2) is 116 Å². The van der Waals surface area contributed by atoms with E-state index >= 15 is 0 Å². The normalized spacial score (nSPS) is 28.4. The molecule has 6 rings (SSSR count). The summed E-state index contributed by atoms with van der Waals surface area (Å²) >= 11 is 0. The van der Waals surface area contributed by atoms with Crippen molar-refractivity contribution in [2.24, 2.45) is 0 Å². The third-order valence-electron chi connectivity index (χ3n) is 7.55. The second-order valence-corrected chi connectivity index (χ2v) is 13.8. The molecule has 49 heavy (non-hydrogen) atoms. The molecule has 0 spiro atoms. The number of H-pyrrole nitrogens is 1. The van der Waals surface area contributed by atoms with Gasteiger partial charge in [0.2, 0.25) is 0 Å². The quantitative estimate of drug-likeness (QED) is 0.0699. The van der Waals surface area contributed by atoms with E-state index in [0.717, 1.165) is 18.0 Å². The van der Waals surface area contributed by atoms with Gasteiger partial charge >= 0.3 is 7.60 Å². The van der Waals surface area contributed by atoms with Crippen molar-refractivity contribution in [1.82, 2.24) is 51.3 Å². The van der Waals surface area contributed by atoms with Crippen LogP contribution in [0.25, 0.3) is 22.3 Å². The molecular formula is C22H35N11O14P2. The number of anilines is 1. The molecule has 9 atom stereocenters. The number of phosphoric ester groups is 1.